The summed E-state index contributed by atoms with van der Waals surface area (Å²) in [6, 6.07) is 7.80. The van der Waals surface area contributed by atoms with Crippen LogP contribution >= 0.6 is 11.8 Å². The Balaban J connectivity index is 1.84. The van der Waals surface area contributed by atoms with E-state index in [4.69, 9.17) is 4.98 Å². The van der Waals surface area contributed by atoms with Gasteiger partial charge in [0.1, 0.15) is 16.3 Å². The number of nitrogens with zero attached hydrogens (tertiary/aromatic N) is 3. The lowest BCUT2D eigenvalue weighted by Crippen LogP contribution is -2.35. The van der Waals surface area contributed by atoms with Crippen LogP contribution < -0.4 is 0 Å². The molecule has 1 N–H and O–H groups in total. The smallest absolute Gasteiger partial charge is 0.319 e. The number of piperidine rings is 1. The molecule has 1 amide bonds. The normalized spacial score (nSPS) is 14.6. The molecule has 1 aromatic heterocycles. The van der Waals surface area contributed by atoms with Crippen molar-refractivity contribution in [3.05, 3.63) is 36.2 Å². The number of aryl methyl sites for hydroxylation is 1. The Kier molecular flexibility index (Phi) is 7.81. The molecule has 3 rings (SSSR count). The van der Waals surface area contributed by atoms with Gasteiger partial charge in [-0.05, 0) is 51.7 Å². The van der Waals surface area contributed by atoms with Gasteiger partial charge >= 0.3 is 5.97 Å². The summed E-state index contributed by atoms with van der Waals surface area (Å²) >= 11 is 1.32. The average Bonchev–Trinajstić information content (AvgIpc) is 3.18. The fraction of sp³-hybridized carbons (Fsp3) is 0.542. The highest BCUT2D eigenvalue weighted by Crippen LogP contribution is 2.34. The van der Waals surface area contributed by atoms with Gasteiger partial charge in [-0.15, -0.1) is 11.8 Å². The fourth-order valence-electron chi connectivity index (χ4n) is 3.72. The van der Waals surface area contributed by atoms with Crippen molar-refractivity contribution >= 4 is 23.6 Å². The number of hydrogen-bond donors (Lipinski definition) is 1. The highest BCUT2D eigenvalue weighted by atomic mass is 32.2. The maximum Gasteiger partial charge on any atom is 0.319 e. The third-order valence-electron chi connectivity index (χ3n) is 5.64. The molecule has 2 aromatic rings. The Morgan fingerprint density at radius 3 is 2.39 bits per heavy atom. The Hall–Kier alpha value is -2.28. The molecule has 168 valence electrons. The first kappa shape index (κ1) is 23.4. The van der Waals surface area contributed by atoms with Crippen LogP contribution in [0, 0.1) is 0 Å². The van der Waals surface area contributed by atoms with Gasteiger partial charge in [-0.1, -0.05) is 31.9 Å². The standard InChI is InChI=1S/C24H33N3O3S/c1-4-5-7-16-27-17-20(22(28)26-14-8-6-9-15-26)25-21(27)18-10-12-19(13-11-18)31-24(2,3)23(29)30/h10-13,17H,4-9,14-16H2,1-3H3,(H,29,30). The molecule has 0 atom stereocenters. The second kappa shape index (κ2) is 10.4. The first-order valence-corrected chi connectivity index (χ1v) is 12.0. The van der Waals surface area contributed by atoms with E-state index in [1.807, 2.05) is 35.4 Å². The molecule has 2 heterocycles. The maximum absolute atomic E-state index is 13.0. The Bertz CT molecular complexity index is 899. The van der Waals surface area contributed by atoms with Crippen molar-refractivity contribution in [1.82, 2.24) is 14.5 Å². The Labute approximate surface area is 189 Å². The predicted octanol–water partition coefficient (Wildman–Crippen LogP) is 5.32. The second-order valence-corrected chi connectivity index (χ2v) is 10.3. The summed E-state index contributed by atoms with van der Waals surface area (Å²) in [6.07, 6.45) is 8.50. The number of hydrogen-bond acceptors (Lipinski definition) is 4. The molecule has 0 bridgehead atoms. The van der Waals surface area contributed by atoms with Gasteiger partial charge < -0.3 is 14.6 Å². The number of unbranched alkanes of at least 4 members (excludes halogenated alkanes) is 2. The van der Waals surface area contributed by atoms with Crippen LogP contribution in [0.4, 0.5) is 0 Å². The first-order valence-electron chi connectivity index (χ1n) is 11.2. The van der Waals surface area contributed by atoms with Gasteiger partial charge in [-0.2, -0.15) is 0 Å². The maximum atomic E-state index is 13.0. The number of aliphatic carboxylic acids is 1. The lowest BCUT2D eigenvalue weighted by Gasteiger charge is -2.25. The predicted molar refractivity (Wildman–Crippen MR) is 125 cm³/mol. The number of carboxylic acids is 1. The quantitative estimate of drug-likeness (QED) is 0.419. The number of rotatable bonds is 9. The van der Waals surface area contributed by atoms with Gasteiger partial charge in [0.25, 0.3) is 5.91 Å². The second-order valence-electron chi connectivity index (χ2n) is 8.65. The highest BCUT2D eigenvalue weighted by Gasteiger charge is 2.28. The molecule has 6 nitrogen and oxygen atoms in total. The lowest BCUT2D eigenvalue weighted by atomic mass is 10.1. The van der Waals surface area contributed by atoms with Gasteiger partial charge in [0.15, 0.2) is 0 Å². The molecule has 0 unspecified atom stereocenters. The minimum Gasteiger partial charge on any atom is -0.480 e. The van der Waals surface area contributed by atoms with Crippen LogP contribution in [0.15, 0.2) is 35.4 Å². The van der Waals surface area contributed by atoms with E-state index >= 15 is 0 Å². The summed E-state index contributed by atoms with van der Waals surface area (Å²) in [5, 5.41) is 9.37. The van der Waals surface area contributed by atoms with Gasteiger partial charge in [0, 0.05) is 36.3 Å². The molecule has 1 saturated heterocycles. The zero-order valence-electron chi connectivity index (χ0n) is 18.8. The minimum absolute atomic E-state index is 0.0191. The fourth-order valence-corrected chi connectivity index (χ4v) is 4.67. The van der Waals surface area contributed by atoms with Gasteiger partial charge in [-0.3, -0.25) is 9.59 Å². The molecule has 0 spiro atoms. The number of imidazole rings is 1. The van der Waals surface area contributed by atoms with Crippen LogP contribution in [0.2, 0.25) is 0 Å². The lowest BCUT2D eigenvalue weighted by molar-refractivity contribution is -0.138. The van der Waals surface area contributed by atoms with Crippen LogP contribution in [0.1, 0.15) is 69.8 Å². The van der Waals surface area contributed by atoms with Crippen LogP contribution in [0.25, 0.3) is 11.4 Å². The van der Waals surface area contributed by atoms with E-state index in [0.29, 0.717) is 5.69 Å². The van der Waals surface area contributed by atoms with Crippen molar-refractivity contribution in [3.8, 4) is 11.4 Å². The molecule has 7 heteroatoms. The SMILES string of the molecule is CCCCCn1cc(C(=O)N2CCCCC2)nc1-c1ccc(SC(C)(C)C(=O)O)cc1. The molecule has 1 fully saturated rings. The number of likely N-dealkylation sites (tertiary alicyclic amines) is 1. The van der Waals surface area contributed by atoms with Crippen molar-refractivity contribution in [3.63, 3.8) is 0 Å². The number of carbonyl (C=O) groups is 2. The van der Waals surface area contributed by atoms with E-state index in [9.17, 15) is 14.7 Å². The van der Waals surface area contributed by atoms with E-state index in [0.717, 1.165) is 68.0 Å². The summed E-state index contributed by atoms with van der Waals surface area (Å²) in [4.78, 5) is 32.0. The van der Waals surface area contributed by atoms with Crippen molar-refractivity contribution in [2.45, 2.75) is 75.5 Å². The molecule has 1 aliphatic rings. The van der Waals surface area contributed by atoms with Crippen LogP contribution in [-0.2, 0) is 11.3 Å². The van der Waals surface area contributed by atoms with Crippen molar-refractivity contribution in [1.29, 1.82) is 0 Å². The van der Waals surface area contributed by atoms with Crippen molar-refractivity contribution in [2.75, 3.05) is 13.1 Å². The highest BCUT2D eigenvalue weighted by molar-refractivity contribution is 8.01. The number of aromatic nitrogens is 2. The summed E-state index contributed by atoms with van der Waals surface area (Å²) in [7, 11) is 0. The Morgan fingerprint density at radius 2 is 1.77 bits per heavy atom. The van der Waals surface area contributed by atoms with Crippen molar-refractivity contribution < 1.29 is 14.7 Å². The number of amides is 1. The molecule has 0 saturated carbocycles. The molecular weight excluding hydrogens is 410 g/mol. The number of thioether (sulfide) groups is 1. The van der Waals surface area contributed by atoms with E-state index in [2.05, 4.69) is 11.5 Å². The average molecular weight is 444 g/mol. The van der Waals surface area contributed by atoms with Crippen LogP contribution in [0.5, 0.6) is 0 Å². The minimum atomic E-state index is -0.895. The molecule has 1 aliphatic heterocycles. The van der Waals surface area contributed by atoms with Gasteiger partial charge in [0.2, 0.25) is 0 Å². The summed E-state index contributed by atoms with van der Waals surface area (Å²) in [6.45, 7) is 8.02. The molecule has 1 aromatic carbocycles. The van der Waals surface area contributed by atoms with E-state index in [-0.39, 0.29) is 5.91 Å². The van der Waals surface area contributed by atoms with E-state index in [1.165, 1.54) is 18.2 Å². The third-order valence-corrected chi connectivity index (χ3v) is 6.83. The number of carboxylic acid groups (broad SMARTS) is 1. The Morgan fingerprint density at radius 1 is 1.10 bits per heavy atom. The van der Waals surface area contributed by atoms with Crippen LogP contribution in [-0.4, -0.2) is 49.3 Å². The monoisotopic (exact) mass is 443 g/mol. The number of carbonyl (C=O) groups excluding carboxylic acids is 1. The van der Waals surface area contributed by atoms with Crippen LogP contribution in [0.3, 0.4) is 0 Å². The zero-order valence-corrected chi connectivity index (χ0v) is 19.6. The molecule has 0 radical (unpaired) electrons. The van der Waals surface area contributed by atoms with Crippen molar-refractivity contribution in [2.24, 2.45) is 0 Å². The van der Waals surface area contributed by atoms with E-state index in [1.54, 1.807) is 13.8 Å². The number of benzene rings is 1. The van der Waals surface area contributed by atoms with E-state index < -0.39 is 10.7 Å². The molecular formula is C24H33N3O3S. The third kappa shape index (κ3) is 5.91. The zero-order chi connectivity index (χ0) is 22.4. The largest absolute Gasteiger partial charge is 0.480 e. The topological polar surface area (TPSA) is 75.4 Å². The van der Waals surface area contributed by atoms with Gasteiger partial charge in [0.05, 0.1) is 0 Å². The summed E-state index contributed by atoms with van der Waals surface area (Å²) < 4.78 is 1.20. The first-order chi connectivity index (χ1) is 14.8. The van der Waals surface area contributed by atoms with Gasteiger partial charge in [-0.25, -0.2) is 4.98 Å². The molecule has 31 heavy (non-hydrogen) atoms. The molecule has 0 aliphatic carbocycles. The summed E-state index contributed by atoms with van der Waals surface area (Å²) in [5.74, 6) is -0.0232. The summed E-state index contributed by atoms with van der Waals surface area (Å²) in [5.41, 5.74) is 1.45.